The van der Waals surface area contributed by atoms with Crippen molar-refractivity contribution in [2.24, 2.45) is 5.73 Å². The Bertz CT molecular complexity index is 311. The van der Waals surface area contributed by atoms with Crippen LogP contribution in [0.5, 0.6) is 11.5 Å². The molecule has 1 aromatic carbocycles. The Morgan fingerprint density at radius 2 is 1.77 bits per heavy atom. The quantitative estimate of drug-likeness (QED) is 0.602. The van der Waals surface area contributed by atoms with Crippen molar-refractivity contribution in [3.8, 4) is 11.5 Å². The van der Waals surface area contributed by atoms with Gasteiger partial charge >= 0.3 is 0 Å². The molecule has 0 radical (unpaired) electrons. The van der Waals surface area contributed by atoms with Crippen LogP contribution in [0.2, 0.25) is 0 Å². The molecule has 0 aliphatic carbocycles. The summed E-state index contributed by atoms with van der Waals surface area (Å²) in [5.74, 6) is -0.0120. The van der Waals surface area contributed by atoms with Crippen molar-refractivity contribution in [1.82, 2.24) is 0 Å². The number of hydrogen-bond acceptors (Lipinski definition) is 3. The van der Waals surface area contributed by atoms with Gasteiger partial charge in [0.2, 0.25) is 0 Å². The van der Waals surface area contributed by atoms with Gasteiger partial charge in [0.1, 0.15) is 11.5 Å². The number of phenolic OH excluding ortho intramolecular Hbond substituents is 2. The topological polar surface area (TPSA) is 66.5 Å². The van der Waals surface area contributed by atoms with Crippen LogP contribution >= 0.6 is 0 Å². The first-order chi connectivity index (χ1) is 5.95. The summed E-state index contributed by atoms with van der Waals surface area (Å²) in [4.78, 5) is 0. The first kappa shape index (κ1) is 9.61. The number of nitrogens with two attached hydrogens (primary N) is 1. The van der Waals surface area contributed by atoms with Crippen LogP contribution in [0.3, 0.4) is 0 Å². The first-order valence-electron chi connectivity index (χ1n) is 3.91. The van der Waals surface area contributed by atoms with Crippen LogP contribution in [0, 0.1) is 0 Å². The molecule has 70 valence electrons. The predicted molar refractivity (Wildman–Crippen MR) is 51.5 cm³/mol. The molecule has 1 rings (SSSR count). The van der Waals surface area contributed by atoms with E-state index in [1.165, 1.54) is 18.2 Å². The number of benzene rings is 1. The first-order valence-corrected chi connectivity index (χ1v) is 3.91. The summed E-state index contributed by atoms with van der Waals surface area (Å²) in [6, 6.07) is 4.26. The largest absolute Gasteiger partial charge is 0.508 e. The fourth-order valence-corrected chi connectivity index (χ4v) is 1.02. The zero-order chi connectivity index (χ0) is 10.1. The fourth-order valence-electron chi connectivity index (χ4n) is 1.02. The second kappa shape index (κ2) is 3.11. The van der Waals surface area contributed by atoms with Crippen molar-refractivity contribution < 1.29 is 10.2 Å². The molecule has 1 aromatic rings. The molecule has 13 heavy (non-hydrogen) atoms. The molecule has 0 bridgehead atoms. The summed E-state index contributed by atoms with van der Waals surface area (Å²) in [5, 5.41) is 18.4. The normalized spacial score (nSPS) is 14.9. The summed E-state index contributed by atoms with van der Waals surface area (Å²) in [7, 11) is 0. The van der Waals surface area contributed by atoms with Crippen molar-refractivity contribution >= 4 is 0 Å². The lowest BCUT2D eigenvalue weighted by Gasteiger charge is -2.20. The molecule has 3 nitrogen and oxygen atoms in total. The third-order valence-corrected chi connectivity index (χ3v) is 1.95. The van der Waals surface area contributed by atoms with E-state index in [-0.39, 0.29) is 11.5 Å². The Morgan fingerprint density at radius 3 is 2.15 bits per heavy atom. The molecule has 0 saturated carbocycles. The van der Waals surface area contributed by atoms with Crippen LogP contribution in [0.25, 0.3) is 0 Å². The molecule has 0 fully saturated rings. The van der Waals surface area contributed by atoms with E-state index in [1.54, 1.807) is 13.0 Å². The zero-order valence-corrected chi connectivity index (χ0v) is 7.49. The molecule has 0 heterocycles. The van der Waals surface area contributed by atoms with Crippen molar-refractivity contribution in [3.63, 3.8) is 0 Å². The van der Waals surface area contributed by atoms with Crippen LogP contribution in [-0.4, -0.2) is 10.2 Å². The number of rotatable bonds is 2. The third kappa shape index (κ3) is 2.00. The number of phenols is 2. The fraction of sp³-hybridized carbons (Fsp3) is 0.200. The third-order valence-electron chi connectivity index (χ3n) is 1.95. The van der Waals surface area contributed by atoms with E-state index in [4.69, 9.17) is 5.73 Å². The van der Waals surface area contributed by atoms with Crippen molar-refractivity contribution in [1.29, 1.82) is 0 Å². The van der Waals surface area contributed by atoms with E-state index >= 15 is 0 Å². The van der Waals surface area contributed by atoms with Gasteiger partial charge in [-0.1, -0.05) is 6.08 Å². The second-order valence-corrected chi connectivity index (χ2v) is 3.22. The summed E-state index contributed by atoms with van der Waals surface area (Å²) in [6.07, 6.45) is 1.56. The van der Waals surface area contributed by atoms with E-state index in [9.17, 15) is 10.2 Å². The zero-order valence-electron chi connectivity index (χ0n) is 7.49. The van der Waals surface area contributed by atoms with E-state index < -0.39 is 5.54 Å². The predicted octanol–water partition coefficient (Wildman–Crippen LogP) is 1.46. The van der Waals surface area contributed by atoms with E-state index in [1.807, 2.05) is 0 Å². The van der Waals surface area contributed by atoms with E-state index in [0.717, 1.165) is 0 Å². The molecular formula is C10H13NO2. The van der Waals surface area contributed by atoms with Gasteiger partial charge in [-0.15, -0.1) is 6.58 Å². The van der Waals surface area contributed by atoms with Crippen LogP contribution in [0.1, 0.15) is 12.5 Å². The molecule has 3 heteroatoms. The maximum atomic E-state index is 9.20. The Labute approximate surface area is 77.1 Å². The van der Waals surface area contributed by atoms with Crippen molar-refractivity contribution in [3.05, 3.63) is 36.4 Å². The average molecular weight is 179 g/mol. The second-order valence-electron chi connectivity index (χ2n) is 3.22. The van der Waals surface area contributed by atoms with Gasteiger partial charge in [-0.05, 0) is 24.6 Å². The van der Waals surface area contributed by atoms with Gasteiger partial charge in [0.15, 0.2) is 0 Å². The van der Waals surface area contributed by atoms with Gasteiger partial charge in [0.05, 0.1) is 5.54 Å². The van der Waals surface area contributed by atoms with Gasteiger partial charge in [0, 0.05) is 6.07 Å². The smallest absolute Gasteiger partial charge is 0.119 e. The molecule has 0 spiro atoms. The van der Waals surface area contributed by atoms with Crippen LogP contribution in [-0.2, 0) is 5.54 Å². The minimum Gasteiger partial charge on any atom is -0.508 e. The maximum absolute atomic E-state index is 9.20. The molecule has 0 aliphatic heterocycles. The Morgan fingerprint density at radius 1 is 1.31 bits per heavy atom. The Hall–Kier alpha value is -1.48. The maximum Gasteiger partial charge on any atom is 0.119 e. The minimum atomic E-state index is -0.740. The van der Waals surface area contributed by atoms with Gasteiger partial charge in [-0.2, -0.15) is 0 Å². The highest BCUT2D eigenvalue weighted by molar-refractivity contribution is 5.41. The number of hydrogen-bond donors (Lipinski definition) is 3. The van der Waals surface area contributed by atoms with Gasteiger partial charge in [-0.3, -0.25) is 0 Å². The monoisotopic (exact) mass is 179 g/mol. The molecule has 4 N–H and O–H groups in total. The Kier molecular flexibility index (Phi) is 2.30. The van der Waals surface area contributed by atoms with Crippen molar-refractivity contribution in [2.75, 3.05) is 0 Å². The highest BCUT2D eigenvalue weighted by atomic mass is 16.3. The highest BCUT2D eigenvalue weighted by Gasteiger charge is 2.17. The van der Waals surface area contributed by atoms with Gasteiger partial charge in [-0.25, -0.2) is 0 Å². The molecule has 1 unspecified atom stereocenters. The lowest BCUT2D eigenvalue weighted by molar-refractivity contribution is 0.446. The molecule has 0 aromatic heterocycles. The molecule has 0 saturated heterocycles. The average Bonchev–Trinajstić information content (AvgIpc) is 2.02. The van der Waals surface area contributed by atoms with Crippen molar-refractivity contribution in [2.45, 2.75) is 12.5 Å². The van der Waals surface area contributed by atoms with Gasteiger partial charge in [0.25, 0.3) is 0 Å². The van der Waals surface area contributed by atoms with E-state index in [2.05, 4.69) is 6.58 Å². The summed E-state index contributed by atoms with van der Waals surface area (Å²) in [5.41, 5.74) is 5.72. The lowest BCUT2D eigenvalue weighted by Crippen LogP contribution is -2.29. The van der Waals surface area contributed by atoms with Crippen LogP contribution in [0.4, 0.5) is 0 Å². The summed E-state index contributed by atoms with van der Waals surface area (Å²) in [6.45, 7) is 5.32. The standard InChI is InChI=1S/C10H13NO2/c1-3-10(2,11)7-4-8(12)6-9(13)5-7/h3-6,12-13H,1,11H2,2H3. The number of aromatic hydroxyl groups is 2. The van der Waals surface area contributed by atoms with Crippen LogP contribution < -0.4 is 5.73 Å². The molecule has 0 amide bonds. The lowest BCUT2D eigenvalue weighted by atomic mass is 9.93. The van der Waals surface area contributed by atoms with E-state index in [0.29, 0.717) is 5.56 Å². The Balaban J connectivity index is 3.22. The minimum absolute atomic E-state index is 0.00600. The summed E-state index contributed by atoms with van der Waals surface area (Å²) >= 11 is 0. The molecule has 0 aliphatic rings. The molecular weight excluding hydrogens is 166 g/mol. The summed E-state index contributed by atoms with van der Waals surface area (Å²) < 4.78 is 0. The molecule has 1 atom stereocenters. The van der Waals surface area contributed by atoms with Crippen LogP contribution in [0.15, 0.2) is 30.9 Å². The highest BCUT2D eigenvalue weighted by Crippen LogP contribution is 2.27. The van der Waals surface area contributed by atoms with Gasteiger partial charge < -0.3 is 15.9 Å². The SMILES string of the molecule is C=CC(C)(N)c1cc(O)cc(O)c1.